The Morgan fingerprint density at radius 1 is 1.35 bits per heavy atom. The first-order valence-corrected chi connectivity index (χ1v) is 9.37. The number of hydrogen-bond acceptors (Lipinski definition) is 6. The average molecular weight is 392 g/mol. The first-order chi connectivity index (χ1) is 12.5. The summed E-state index contributed by atoms with van der Waals surface area (Å²) >= 11 is 7.20. The van der Waals surface area contributed by atoms with Crippen LogP contribution in [0.1, 0.15) is 13.8 Å². The molecular weight excluding hydrogens is 374 g/mol. The first kappa shape index (κ1) is 18.3. The maximum absolute atomic E-state index is 12.7. The van der Waals surface area contributed by atoms with E-state index in [0.29, 0.717) is 21.1 Å². The Bertz CT molecular complexity index is 996. The first-order valence-electron chi connectivity index (χ1n) is 8.18. The van der Waals surface area contributed by atoms with Crippen molar-refractivity contribution in [2.24, 2.45) is 0 Å². The van der Waals surface area contributed by atoms with Crippen molar-refractivity contribution >= 4 is 50.0 Å². The molecule has 0 bridgehead atoms. The van der Waals surface area contributed by atoms with E-state index in [4.69, 9.17) is 11.6 Å². The molecule has 7 nitrogen and oxygen atoms in total. The minimum Gasteiger partial charge on any atom is -0.349 e. The summed E-state index contributed by atoms with van der Waals surface area (Å²) in [7, 11) is 0. The van der Waals surface area contributed by atoms with Gasteiger partial charge in [-0.25, -0.2) is 4.98 Å². The van der Waals surface area contributed by atoms with Crippen LogP contribution < -0.4 is 15.8 Å². The third-order valence-electron chi connectivity index (χ3n) is 3.83. The van der Waals surface area contributed by atoms with Gasteiger partial charge in [0.15, 0.2) is 10.8 Å². The second kappa shape index (κ2) is 7.84. The van der Waals surface area contributed by atoms with Crippen LogP contribution in [-0.2, 0) is 11.3 Å². The molecule has 1 aromatic carbocycles. The van der Waals surface area contributed by atoms with Crippen LogP contribution in [0.15, 0.2) is 35.4 Å². The number of rotatable bonds is 6. The largest absolute Gasteiger partial charge is 0.349 e. The molecule has 0 aliphatic rings. The molecule has 0 aliphatic carbocycles. The van der Waals surface area contributed by atoms with Crippen molar-refractivity contribution in [3.8, 4) is 0 Å². The van der Waals surface area contributed by atoms with Gasteiger partial charge >= 0.3 is 0 Å². The molecule has 9 heteroatoms. The SMILES string of the molecule is CCN(CC)c1nc2ncn(CC(=O)Nc3cccc(Cl)c3)c(=O)c2s1. The third-order valence-corrected chi connectivity index (χ3v) is 5.16. The predicted octanol–water partition coefficient (Wildman–Crippen LogP) is 2.99. The number of fused-ring (bicyclic) bond motifs is 1. The van der Waals surface area contributed by atoms with Gasteiger partial charge in [-0.05, 0) is 32.0 Å². The number of nitrogens with zero attached hydrogens (tertiary/aromatic N) is 4. The van der Waals surface area contributed by atoms with Crippen LogP contribution in [0.4, 0.5) is 10.8 Å². The Hall–Kier alpha value is -2.45. The highest BCUT2D eigenvalue weighted by Crippen LogP contribution is 2.24. The molecule has 1 N–H and O–H groups in total. The van der Waals surface area contributed by atoms with Crippen LogP contribution in [0.2, 0.25) is 5.02 Å². The van der Waals surface area contributed by atoms with Gasteiger partial charge in [-0.15, -0.1) is 0 Å². The molecule has 2 heterocycles. The Morgan fingerprint density at radius 3 is 2.81 bits per heavy atom. The number of nitrogens with one attached hydrogen (secondary N) is 1. The summed E-state index contributed by atoms with van der Waals surface area (Å²) in [5, 5.41) is 4.00. The third kappa shape index (κ3) is 3.86. The van der Waals surface area contributed by atoms with Crippen LogP contribution >= 0.6 is 22.9 Å². The van der Waals surface area contributed by atoms with E-state index < -0.39 is 0 Å². The number of carbonyl (C=O) groups is 1. The van der Waals surface area contributed by atoms with Crippen LogP contribution in [0.3, 0.4) is 0 Å². The molecule has 0 spiro atoms. The molecule has 0 atom stereocenters. The second-order valence-electron chi connectivity index (χ2n) is 5.56. The minimum atomic E-state index is -0.330. The molecule has 0 saturated carbocycles. The maximum Gasteiger partial charge on any atom is 0.273 e. The standard InChI is InChI=1S/C17H18ClN5O2S/c1-3-22(4-2)17-21-15-14(26-17)16(25)23(10-19-15)9-13(24)20-12-7-5-6-11(18)8-12/h5-8,10H,3-4,9H2,1-2H3,(H,20,24). The normalized spacial score (nSPS) is 10.9. The lowest BCUT2D eigenvalue weighted by atomic mass is 10.3. The number of amides is 1. The summed E-state index contributed by atoms with van der Waals surface area (Å²) in [4.78, 5) is 35.6. The topological polar surface area (TPSA) is 80.1 Å². The van der Waals surface area contributed by atoms with E-state index in [1.165, 1.54) is 22.2 Å². The molecule has 2 aromatic heterocycles. The lowest BCUT2D eigenvalue weighted by Crippen LogP contribution is -2.27. The van der Waals surface area contributed by atoms with E-state index in [1.807, 2.05) is 13.8 Å². The molecule has 26 heavy (non-hydrogen) atoms. The summed E-state index contributed by atoms with van der Waals surface area (Å²) < 4.78 is 1.73. The van der Waals surface area contributed by atoms with Gasteiger partial charge in [0, 0.05) is 23.8 Å². The Kier molecular flexibility index (Phi) is 5.53. The fourth-order valence-electron chi connectivity index (χ4n) is 2.50. The number of benzene rings is 1. The minimum absolute atomic E-state index is 0.132. The summed E-state index contributed by atoms with van der Waals surface area (Å²) in [5.41, 5.74) is 0.715. The highest BCUT2D eigenvalue weighted by atomic mass is 35.5. The molecule has 0 saturated heterocycles. The predicted molar refractivity (Wildman–Crippen MR) is 105 cm³/mol. The zero-order valence-electron chi connectivity index (χ0n) is 14.4. The molecule has 0 aliphatic heterocycles. The van der Waals surface area contributed by atoms with Crippen molar-refractivity contribution in [1.29, 1.82) is 0 Å². The van der Waals surface area contributed by atoms with Crippen molar-refractivity contribution in [3.05, 3.63) is 46.0 Å². The van der Waals surface area contributed by atoms with Crippen molar-refractivity contribution < 1.29 is 4.79 Å². The van der Waals surface area contributed by atoms with Crippen molar-refractivity contribution in [2.45, 2.75) is 20.4 Å². The van der Waals surface area contributed by atoms with Gasteiger partial charge in [0.2, 0.25) is 5.91 Å². The van der Waals surface area contributed by atoms with E-state index in [-0.39, 0.29) is 18.0 Å². The van der Waals surface area contributed by atoms with Crippen LogP contribution in [0.5, 0.6) is 0 Å². The van der Waals surface area contributed by atoms with E-state index >= 15 is 0 Å². The van der Waals surface area contributed by atoms with E-state index in [2.05, 4.69) is 20.2 Å². The highest BCUT2D eigenvalue weighted by Gasteiger charge is 2.15. The van der Waals surface area contributed by atoms with Gasteiger partial charge in [-0.1, -0.05) is 29.0 Å². The molecule has 0 unspecified atom stereocenters. The average Bonchev–Trinajstić information content (AvgIpc) is 3.03. The molecule has 136 valence electrons. The van der Waals surface area contributed by atoms with Crippen molar-refractivity contribution in [2.75, 3.05) is 23.3 Å². The number of hydrogen-bond donors (Lipinski definition) is 1. The zero-order chi connectivity index (χ0) is 18.7. The summed E-state index contributed by atoms with van der Waals surface area (Å²) in [6.07, 6.45) is 1.36. The molecule has 0 radical (unpaired) electrons. The van der Waals surface area contributed by atoms with Gasteiger partial charge in [0.05, 0.1) is 0 Å². The number of anilines is 2. The summed E-state index contributed by atoms with van der Waals surface area (Å²) in [6, 6.07) is 6.83. The maximum atomic E-state index is 12.7. The molecule has 3 rings (SSSR count). The highest BCUT2D eigenvalue weighted by molar-refractivity contribution is 7.22. The van der Waals surface area contributed by atoms with Crippen LogP contribution in [0, 0.1) is 0 Å². The Morgan fingerprint density at radius 2 is 2.12 bits per heavy atom. The quantitative estimate of drug-likeness (QED) is 0.698. The van der Waals surface area contributed by atoms with Crippen LogP contribution in [-0.4, -0.2) is 33.5 Å². The van der Waals surface area contributed by atoms with Crippen molar-refractivity contribution in [1.82, 2.24) is 14.5 Å². The zero-order valence-corrected chi connectivity index (χ0v) is 16.0. The van der Waals surface area contributed by atoms with Gasteiger partial charge in [-0.3, -0.25) is 14.2 Å². The summed E-state index contributed by atoms with van der Waals surface area (Å²) in [5.74, 6) is -0.330. The van der Waals surface area contributed by atoms with Gasteiger partial charge < -0.3 is 10.2 Å². The fourth-order valence-corrected chi connectivity index (χ4v) is 3.79. The van der Waals surface area contributed by atoms with E-state index in [0.717, 1.165) is 18.2 Å². The molecule has 1 amide bonds. The Labute approximate surface area is 159 Å². The Balaban J connectivity index is 1.83. The number of aromatic nitrogens is 3. The second-order valence-corrected chi connectivity index (χ2v) is 6.97. The van der Waals surface area contributed by atoms with Gasteiger partial charge in [-0.2, -0.15) is 4.98 Å². The van der Waals surface area contributed by atoms with E-state index in [9.17, 15) is 9.59 Å². The number of carbonyl (C=O) groups excluding carboxylic acids is 1. The lowest BCUT2D eigenvalue weighted by Gasteiger charge is -2.15. The lowest BCUT2D eigenvalue weighted by molar-refractivity contribution is -0.116. The molecule has 0 fully saturated rings. The van der Waals surface area contributed by atoms with Gasteiger partial charge in [0.25, 0.3) is 5.56 Å². The number of halogens is 1. The monoisotopic (exact) mass is 391 g/mol. The van der Waals surface area contributed by atoms with E-state index in [1.54, 1.807) is 24.3 Å². The number of thiazole rings is 1. The molecular formula is C17H18ClN5O2S. The molecule has 3 aromatic rings. The van der Waals surface area contributed by atoms with Crippen molar-refractivity contribution in [3.63, 3.8) is 0 Å². The smallest absolute Gasteiger partial charge is 0.273 e. The fraction of sp³-hybridized carbons (Fsp3) is 0.294. The van der Waals surface area contributed by atoms with Crippen LogP contribution in [0.25, 0.3) is 10.3 Å². The van der Waals surface area contributed by atoms with Gasteiger partial charge in [0.1, 0.15) is 17.6 Å². The summed E-state index contributed by atoms with van der Waals surface area (Å²) in [6.45, 7) is 5.52.